The van der Waals surface area contributed by atoms with Gasteiger partial charge in [-0.3, -0.25) is 14.6 Å². The molecule has 0 unspecified atom stereocenters. The maximum atomic E-state index is 13.1. The quantitative estimate of drug-likeness (QED) is 0.307. The van der Waals surface area contributed by atoms with Crippen molar-refractivity contribution in [2.75, 3.05) is 6.61 Å². The van der Waals surface area contributed by atoms with Crippen LogP contribution >= 0.6 is 0 Å². The summed E-state index contributed by atoms with van der Waals surface area (Å²) >= 11 is 0. The molecule has 33 heavy (non-hydrogen) atoms. The summed E-state index contributed by atoms with van der Waals surface area (Å²) in [5.74, 6) is -1.57. The number of ketones is 1. The zero-order valence-corrected chi connectivity index (χ0v) is 20.0. The van der Waals surface area contributed by atoms with Gasteiger partial charge in [-0.1, -0.05) is 0 Å². The van der Waals surface area contributed by atoms with Gasteiger partial charge >= 0.3 is 11.9 Å². The lowest BCUT2D eigenvalue weighted by atomic mass is 9.96. The van der Waals surface area contributed by atoms with Crippen molar-refractivity contribution in [3.05, 3.63) is 64.7 Å². The van der Waals surface area contributed by atoms with E-state index in [1.807, 2.05) is 6.92 Å². The standard InChI is InChI=1S/C25H30O8/c1-8-29-18-12-9-16(10-13-18)21(26)19-14-11-17(22(27)30-32-24(2,3)4)15-20(19)23(28)31-33-25(5,6)7/h9-15H,8H2,1-7H3. The Hall–Kier alpha value is -3.23. The molecular weight excluding hydrogens is 428 g/mol. The molecule has 2 aromatic carbocycles. The van der Waals surface area contributed by atoms with Gasteiger partial charge in [-0.25, -0.2) is 9.59 Å². The molecule has 0 N–H and O–H groups in total. The summed E-state index contributed by atoms with van der Waals surface area (Å²) in [7, 11) is 0. The summed E-state index contributed by atoms with van der Waals surface area (Å²) < 4.78 is 5.40. The highest BCUT2D eigenvalue weighted by Crippen LogP contribution is 2.22. The van der Waals surface area contributed by atoms with Crippen LogP contribution in [0.5, 0.6) is 5.75 Å². The zero-order chi connectivity index (χ0) is 24.8. The molecule has 0 aliphatic carbocycles. The van der Waals surface area contributed by atoms with Crippen LogP contribution in [0.2, 0.25) is 0 Å². The van der Waals surface area contributed by atoms with Crippen LogP contribution in [0.4, 0.5) is 0 Å². The van der Waals surface area contributed by atoms with E-state index in [-0.39, 0.29) is 16.7 Å². The lowest BCUT2D eigenvalue weighted by Crippen LogP contribution is -2.24. The van der Waals surface area contributed by atoms with E-state index >= 15 is 0 Å². The van der Waals surface area contributed by atoms with Gasteiger partial charge < -0.3 is 4.74 Å². The third-order valence-corrected chi connectivity index (χ3v) is 3.88. The summed E-state index contributed by atoms with van der Waals surface area (Å²) in [6.07, 6.45) is 0. The third-order valence-electron chi connectivity index (χ3n) is 3.88. The number of carbonyl (C=O) groups excluding carboxylic acids is 3. The van der Waals surface area contributed by atoms with Gasteiger partial charge in [0.15, 0.2) is 5.78 Å². The van der Waals surface area contributed by atoms with Gasteiger partial charge in [0.1, 0.15) is 17.0 Å². The molecule has 0 saturated heterocycles. The van der Waals surface area contributed by atoms with E-state index in [1.54, 1.807) is 65.8 Å². The Morgan fingerprint density at radius 2 is 1.21 bits per heavy atom. The SMILES string of the molecule is CCOc1ccc(C(=O)c2ccc(C(=O)OOC(C)(C)C)cc2C(=O)OOC(C)(C)C)cc1. The first kappa shape index (κ1) is 26.0. The van der Waals surface area contributed by atoms with Crippen LogP contribution in [0.1, 0.15) is 85.1 Å². The fourth-order valence-electron chi connectivity index (χ4n) is 2.48. The van der Waals surface area contributed by atoms with E-state index in [0.717, 1.165) is 0 Å². The van der Waals surface area contributed by atoms with E-state index < -0.39 is 28.9 Å². The van der Waals surface area contributed by atoms with Gasteiger partial charge in [-0.2, -0.15) is 9.78 Å². The smallest absolute Gasteiger partial charge is 0.373 e. The Morgan fingerprint density at radius 1 is 0.697 bits per heavy atom. The first-order chi connectivity index (χ1) is 15.3. The van der Waals surface area contributed by atoms with E-state index in [9.17, 15) is 14.4 Å². The molecule has 0 saturated carbocycles. The van der Waals surface area contributed by atoms with Gasteiger partial charge in [-0.15, -0.1) is 0 Å². The number of carbonyl (C=O) groups is 3. The molecule has 0 aliphatic heterocycles. The highest BCUT2D eigenvalue weighted by molar-refractivity contribution is 6.15. The molecule has 0 heterocycles. The van der Waals surface area contributed by atoms with Crippen molar-refractivity contribution in [1.82, 2.24) is 0 Å². The maximum Gasteiger partial charge on any atom is 0.373 e. The summed E-state index contributed by atoms with van der Waals surface area (Å²) in [5, 5.41) is 0. The van der Waals surface area contributed by atoms with Crippen molar-refractivity contribution >= 4 is 17.7 Å². The molecule has 0 fully saturated rings. The molecule has 2 rings (SSSR count). The lowest BCUT2D eigenvalue weighted by molar-refractivity contribution is -0.301. The van der Waals surface area contributed by atoms with Crippen LogP contribution in [-0.2, 0) is 19.6 Å². The average Bonchev–Trinajstić information content (AvgIpc) is 2.74. The largest absolute Gasteiger partial charge is 0.494 e. The topological polar surface area (TPSA) is 97.4 Å². The second-order valence-corrected chi connectivity index (χ2v) is 9.18. The first-order valence-electron chi connectivity index (χ1n) is 10.5. The number of ether oxygens (including phenoxy) is 1. The van der Waals surface area contributed by atoms with Gasteiger partial charge in [0.05, 0.1) is 17.7 Å². The minimum absolute atomic E-state index is 0.00482. The minimum Gasteiger partial charge on any atom is -0.494 e. The minimum atomic E-state index is -0.925. The lowest BCUT2D eigenvalue weighted by Gasteiger charge is -2.18. The van der Waals surface area contributed by atoms with Crippen molar-refractivity contribution in [1.29, 1.82) is 0 Å². The maximum absolute atomic E-state index is 13.1. The predicted octanol–water partition coefficient (Wildman–Crippen LogP) is 5.09. The Morgan fingerprint density at radius 3 is 1.73 bits per heavy atom. The molecule has 8 nitrogen and oxygen atoms in total. The fraction of sp³-hybridized carbons (Fsp3) is 0.400. The second-order valence-electron chi connectivity index (χ2n) is 9.18. The van der Waals surface area contributed by atoms with Gasteiger partial charge in [0, 0.05) is 11.1 Å². The van der Waals surface area contributed by atoms with Crippen molar-refractivity contribution < 1.29 is 38.7 Å². The van der Waals surface area contributed by atoms with Crippen LogP contribution < -0.4 is 4.74 Å². The zero-order valence-electron chi connectivity index (χ0n) is 20.0. The Balaban J connectivity index is 2.40. The van der Waals surface area contributed by atoms with Crippen LogP contribution in [-0.4, -0.2) is 35.5 Å². The van der Waals surface area contributed by atoms with Gasteiger partial charge in [0.25, 0.3) is 0 Å². The van der Waals surface area contributed by atoms with Crippen molar-refractivity contribution in [3.63, 3.8) is 0 Å². The van der Waals surface area contributed by atoms with Gasteiger partial charge in [-0.05, 0) is 90.9 Å². The molecule has 0 atom stereocenters. The van der Waals surface area contributed by atoms with Crippen LogP contribution in [0.25, 0.3) is 0 Å². The Kier molecular flexibility index (Phi) is 8.35. The normalized spacial score (nSPS) is 11.6. The van der Waals surface area contributed by atoms with Gasteiger partial charge in [0.2, 0.25) is 0 Å². The van der Waals surface area contributed by atoms with Crippen molar-refractivity contribution in [2.45, 2.75) is 59.7 Å². The molecule has 0 amide bonds. The predicted molar refractivity (Wildman–Crippen MR) is 120 cm³/mol. The number of hydrogen-bond donors (Lipinski definition) is 0. The monoisotopic (exact) mass is 458 g/mol. The van der Waals surface area contributed by atoms with Crippen molar-refractivity contribution in [3.8, 4) is 5.75 Å². The third kappa shape index (κ3) is 8.00. The van der Waals surface area contributed by atoms with Crippen LogP contribution in [0.3, 0.4) is 0 Å². The van der Waals surface area contributed by atoms with E-state index in [2.05, 4.69) is 0 Å². The van der Waals surface area contributed by atoms with Crippen LogP contribution in [0.15, 0.2) is 42.5 Å². The molecule has 0 aromatic heterocycles. The fourth-order valence-corrected chi connectivity index (χ4v) is 2.48. The molecule has 0 radical (unpaired) electrons. The molecule has 0 bridgehead atoms. The first-order valence-corrected chi connectivity index (χ1v) is 10.5. The van der Waals surface area contributed by atoms with Crippen molar-refractivity contribution in [2.24, 2.45) is 0 Å². The molecule has 0 aliphatic rings. The molecule has 178 valence electrons. The highest BCUT2D eigenvalue weighted by Gasteiger charge is 2.25. The van der Waals surface area contributed by atoms with E-state index in [1.165, 1.54) is 18.2 Å². The van der Waals surface area contributed by atoms with E-state index in [4.69, 9.17) is 24.3 Å². The number of hydrogen-bond acceptors (Lipinski definition) is 8. The molecular formula is C25H30O8. The summed E-state index contributed by atoms with van der Waals surface area (Å²) in [4.78, 5) is 58.2. The average molecular weight is 459 g/mol. The molecule has 2 aromatic rings. The highest BCUT2D eigenvalue weighted by atomic mass is 17.2. The van der Waals surface area contributed by atoms with Crippen LogP contribution in [0, 0.1) is 0 Å². The summed E-state index contributed by atoms with van der Waals surface area (Å²) in [5.41, 5.74) is -1.27. The Bertz CT molecular complexity index is 995. The number of benzene rings is 2. The number of rotatable bonds is 8. The molecule has 8 heteroatoms. The molecule has 0 spiro atoms. The summed E-state index contributed by atoms with van der Waals surface area (Å²) in [6, 6.07) is 10.4. The summed E-state index contributed by atoms with van der Waals surface area (Å²) in [6.45, 7) is 12.6. The Labute approximate surface area is 193 Å². The van der Waals surface area contributed by atoms with E-state index in [0.29, 0.717) is 17.9 Å². The second kappa shape index (κ2) is 10.6.